The molecule has 0 amide bonds. The van der Waals surface area contributed by atoms with Crippen molar-refractivity contribution in [1.29, 1.82) is 0 Å². The SMILES string of the molecule is O[C@@H]1CCC[C@@H]2[C@@H]1C2(Cl)Cl. The first-order valence-electron chi connectivity index (χ1n) is 3.70. The van der Waals surface area contributed by atoms with E-state index < -0.39 is 4.33 Å². The van der Waals surface area contributed by atoms with Crippen molar-refractivity contribution in [3.05, 3.63) is 0 Å². The van der Waals surface area contributed by atoms with Gasteiger partial charge >= 0.3 is 0 Å². The molecule has 1 nitrogen and oxygen atoms in total. The third-order valence-corrected chi connectivity index (χ3v) is 3.76. The monoisotopic (exact) mass is 180 g/mol. The van der Waals surface area contributed by atoms with Crippen molar-refractivity contribution in [2.24, 2.45) is 11.8 Å². The van der Waals surface area contributed by atoms with Crippen molar-refractivity contribution in [2.75, 3.05) is 0 Å². The summed E-state index contributed by atoms with van der Waals surface area (Å²) >= 11 is 11.8. The molecule has 0 heterocycles. The average Bonchev–Trinajstić information content (AvgIpc) is 2.38. The van der Waals surface area contributed by atoms with Crippen LogP contribution in [0.15, 0.2) is 0 Å². The van der Waals surface area contributed by atoms with Crippen LogP contribution < -0.4 is 0 Å². The summed E-state index contributed by atoms with van der Waals surface area (Å²) in [5.41, 5.74) is 0. The number of fused-ring (bicyclic) bond motifs is 1. The van der Waals surface area contributed by atoms with Gasteiger partial charge in [-0.2, -0.15) is 0 Å². The van der Waals surface area contributed by atoms with Crippen molar-refractivity contribution in [3.8, 4) is 0 Å². The standard InChI is InChI=1S/C7H10Cl2O/c8-7(9)4-2-1-3-5(10)6(4)7/h4-6,10H,1-3H2/t4-,5-,6+/m1/s1. The normalized spacial score (nSPS) is 50.1. The highest BCUT2D eigenvalue weighted by Crippen LogP contribution is 2.65. The predicted molar refractivity (Wildman–Crippen MR) is 41.3 cm³/mol. The van der Waals surface area contributed by atoms with Crippen LogP contribution in [0.1, 0.15) is 19.3 Å². The molecule has 0 saturated heterocycles. The van der Waals surface area contributed by atoms with Gasteiger partial charge in [-0.25, -0.2) is 0 Å². The molecule has 10 heavy (non-hydrogen) atoms. The molecule has 0 unspecified atom stereocenters. The van der Waals surface area contributed by atoms with Gasteiger partial charge in [0.25, 0.3) is 0 Å². The van der Waals surface area contributed by atoms with Gasteiger partial charge in [0.15, 0.2) is 0 Å². The Morgan fingerprint density at radius 1 is 1.30 bits per heavy atom. The Hall–Kier alpha value is 0.540. The maximum atomic E-state index is 9.39. The van der Waals surface area contributed by atoms with E-state index in [1.807, 2.05) is 0 Å². The second-order valence-corrected chi connectivity index (χ2v) is 4.75. The van der Waals surface area contributed by atoms with Gasteiger partial charge in [-0.3, -0.25) is 0 Å². The zero-order valence-electron chi connectivity index (χ0n) is 5.56. The molecule has 0 aromatic heterocycles. The molecular weight excluding hydrogens is 171 g/mol. The second-order valence-electron chi connectivity index (χ2n) is 3.31. The molecule has 1 N–H and O–H groups in total. The molecule has 0 spiro atoms. The quantitative estimate of drug-likeness (QED) is 0.566. The van der Waals surface area contributed by atoms with Crippen molar-refractivity contribution in [2.45, 2.75) is 29.7 Å². The minimum absolute atomic E-state index is 0.171. The number of hydrogen-bond acceptors (Lipinski definition) is 1. The lowest BCUT2D eigenvalue weighted by atomic mass is 9.98. The van der Waals surface area contributed by atoms with Crippen molar-refractivity contribution in [3.63, 3.8) is 0 Å². The van der Waals surface area contributed by atoms with Gasteiger partial charge in [0, 0.05) is 11.8 Å². The Bertz CT molecular complexity index is 158. The maximum Gasteiger partial charge on any atom is 0.127 e. The van der Waals surface area contributed by atoms with Crippen molar-refractivity contribution >= 4 is 23.2 Å². The molecular formula is C7H10Cl2O. The number of hydrogen-bond donors (Lipinski definition) is 1. The van der Waals surface area contributed by atoms with E-state index in [0.29, 0.717) is 5.92 Å². The Morgan fingerprint density at radius 3 is 2.50 bits per heavy atom. The van der Waals surface area contributed by atoms with E-state index in [2.05, 4.69) is 0 Å². The van der Waals surface area contributed by atoms with Crippen LogP contribution in [0.2, 0.25) is 0 Å². The number of halogens is 2. The first kappa shape index (κ1) is 7.20. The molecule has 0 aromatic rings. The Balaban J connectivity index is 2.11. The van der Waals surface area contributed by atoms with Gasteiger partial charge in [0.1, 0.15) is 4.33 Å². The van der Waals surface area contributed by atoms with E-state index in [1.54, 1.807) is 0 Å². The van der Waals surface area contributed by atoms with Gasteiger partial charge in [-0.15, -0.1) is 23.2 Å². The molecule has 2 fully saturated rings. The zero-order valence-corrected chi connectivity index (χ0v) is 7.07. The van der Waals surface area contributed by atoms with Gasteiger partial charge in [0.2, 0.25) is 0 Å². The Labute approximate surface area is 70.3 Å². The zero-order chi connectivity index (χ0) is 7.35. The molecule has 2 aliphatic carbocycles. The summed E-state index contributed by atoms with van der Waals surface area (Å²) in [4.78, 5) is 0. The van der Waals surface area contributed by atoms with Crippen molar-refractivity contribution < 1.29 is 5.11 Å². The minimum Gasteiger partial charge on any atom is -0.393 e. The third kappa shape index (κ3) is 0.806. The van der Waals surface area contributed by atoms with Crippen LogP contribution in [-0.4, -0.2) is 15.5 Å². The molecule has 0 aliphatic heterocycles. The molecule has 0 aromatic carbocycles. The second kappa shape index (κ2) is 2.02. The van der Waals surface area contributed by atoms with E-state index >= 15 is 0 Å². The topological polar surface area (TPSA) is 20.2 Å². The maximum absolute atomic E-state index is 9.39. The highest BCUT2D eigenvalue weighted by molar-refractivity contribution is 6.51. The van der Waals surface area contributed by atoms with Crippen LogP contribution in [0.5, 0.6) is 0 Å². The van der Waals surface area contributed by atoms with Gasteiger partial charge < -0.3 is 5.11 Å². The van der Waals surface area contributed by atoms with Crippen LogP contribution in [0, 0.1) is 11.8 Å². The summed E-state index contributed by atoms with van der Waals surface area (Å²) in [5, 5.41) is 9.39. The molecule has 2 aliphatic rings. The lowest BCUT2D eigenvalue weighted by Crippen LogP contribution is -2.15. The molecule has 58 valence electrons. The summed E-state index contributed by atoms with van der Waals surface area (Å²) < 4.78 is -0.587. The van der Waals surface area contributed by atoms with Crippen LogP contribution >= 0.6 is 23.2 Å². The lowest BCUT2D eigenvalue weighted by molar-refractivity contribution is 0.115. The van der Waals surface area contributed by atoms with Crippen LogP contribution in [-0.2, 0) is 0 Å². The predicted octanol–water partition coefficient (Wildman–Crippen LogP) is 1.95. The van der Waals surface area contributed by atoms with E-state index in [0.717, 1.165) is 19.3 Å². The molecule has 2 rings (SSSR count). The first-order valence-corrected chi connectivity index (χ1v) is 4.45. The van der Waals surface area contributed by atoms with E-state index in [4.69, 9.17) is 23.2 Å². The Kier molecular flexibility index (Phi) is 1.46. The summed E-state index contributed by atoms with van der Waals surface area (Å²) in [7, 11) is 0. The van der Waals surface area contributed by atoms with Crippen LogP contribution in [0.25, 0.3) is 0 Å². The number of aliphatic hydroxyl groups is 1. The summed E-state index contributed by atoms with van der Waals surface area (Å²) in [6, 6.07) is 0. The lowest BCUT2D eigenvalue weighted by Gasteiger charge is -2.13. The van der Waals surface area contributed by atoms with Gasteiger partial charge in [-0.05, 0) is 12.8 Å². The molecule has 3 atom stereocenters. The van der Waals surface area contributed by atoms with Gasteiger partial charge in [0.05, 0.1) is 6.10 Å². The molecule has 0 bridgehead atoms. The van der Waals surface area contributed by atoms with E-state index in [9.17, 15) is 5.11 Å². The minimum atomic E-state index is -0.587. The highest BCUT2D eigenvalue weighted by Gasteiger charge is 2.66. The number of alkyl halides is 2. The average molecular weight is 181 g/mol. The molecule has 2 saturated carbocycles. The summed E-state index contributed by atoms with van der Waals surface area (Å²) in [6.45, 7) is 0. The fourth-order valence-electron chi connectivity index (χ4n) is 2.04. The smallest absolute Gasteiger partial charge is 0.127 e. The van der Waals surface area contributed by atoms with Crippen LogP contribution in [0.3, 0.4) is 0 Å². The number of rotatable bonds is 0. The first-order chi connectivity index (χ1) is 4.64. The highest BCUT2D eigenvalue weighted by atomic mass is 35.5. The Morgan fingerprint density at radius 2 is 2.00 bits per heavy atom. The summed E-state index contributed by atoms with van der Waals surface area (Å²) in [5.74, 6) is 0.546. The fourth-order valence-corrected chi connectivity index (χ4v) is 3.00. The number of aliphatic hydroxyl groups excluding tert-OH is 1. The largest absolute Gasteiger partial charge is 0.393 e. The molecule has 3 heteroatoms. The van der Waals surface area contributed by atoms with Gasteiger partial charge in [-0.1, -0.05) is 6.42 Å². The third-order valence-electron chi connectivity index (χ3n) is 2.69. The van der Waals surface area contributed by atoms with Crippen LogP contribution in [0.4, 0.5) is 0 Å². The van der Waals surface area contributed by atoms with Crippen molar-refractivity contribution in [1.82, 2.24) is 0 Å². The molecule has 0 radical (unpaired) electrons. The summed E-state index contributed by atoms with van der Waals surface area (Å²) in [6.07, 6.45) is 2.80. The fraction of sp³-hybridized carbons (Fsp3) is 1.00. The van der Waals surface area contributed by atoms with E-state index in [1.165, 1.54) is 0 Å². The van der Waals surface area contributed by atoms with E-state index in [-0.39, 0.29) is 12.0 Å².